The quantitative estimate of drug-likeness (QED) is 0.782. The molecule has 7 nitrogen and oxygen atoms in total. The second kappa shape index (κ2) is 7.03. The summed E-state index contributed by atoms with van der Waals surface area (Å²) in [4.78, 5) is 25.0. The van der Waals surface area contributed by atoms with Gasteiger partial charge < -0.3 is 5.73 Å². The van der Waals surface area contributed by atoms with Gasteiger partial charge in [0.1, 0.15) is 0 Å². The Hall–Kier alpha value is -1.48. The lowest BCUT2D eigenvalue weighted by Crippen LogP contribution is -2.44. The van der Waals surface area contributed by atoms with E-state index in [1.54, 1.807) is 0 Å². The predicted octanol–water partition coefficient (Wildman–Crippen LogP) is 1.08. The van der Waals surface area contributed by atoms with E-state index in [0.717, 1.165) is 17.7 Å². The van der Waals surface area contributed by atoms with E-state index in [9.17, 15) is 18.0 Å². The molecular formula is C16H22ClN3O4S. The molecule has 0 aliphatic carbocycles. The van der Waals surface area contributed by atoms with E-state index in [1.165, 1.54) is 29.6 Å². The van der Waals surface area contributed by atoms with E-state index < -0.39 is 21.8 Å². The monoisotopic (exact) mass is 387 g/mol. The number of sulfonamides is 1. The van der Waals surface area contributed by atoms with E-state index in [4.69, 9.17) is 5.73 Å². The van der Waals surface area contributed by atoms with Crippen molar-refractivity contribution in [2.75, 3.05) is 20.1 Å². The average Bonchev–Trinajstić information content (AvgIpc) is 2.79. The highest BCUT2D eigenvalue weighted by molar-refractivity contribution is 7.89. The number of rotatable bonds is 3. The SMILES string of the molecule is CC(N)C1CCCN(S(=O)(=O)c2ccc3c(c2)C(=O)N(C)C3=O)C1.Cl. The molecule has 2 atom stereocenters. The molecule has 2 N–H and O–H groups in total. The van der Waals surface area contributed by atoms with E-state index in [2.05, 4.69) is 0 Å². The number of nitrogens with two attached hydrogens (primary N) is 1. The van der Waals surface area contributed by atoms with Crippen LogP contribution in [-0.4, -0.2) is 55.6 Å². The molecule has 0 saturated carbocycles. The van der Waals surface area contributed by atoms with Crippen LogP contribution in [0.4, 0.5) is 0 Å². The fourth-order valence-corrected chi connectivity index (χ4v) is 4.83. The number of halogens is 1. The maximum Gasteiger partial charge on any atom is 0.261 e. The van der Waals surface area contributed by atoms with Gasteiger partial charge in [-0.3, -0.25) is 14.5 Å². The summed E-state index contributed by atoms with van der Waals surface area (Å²) in [6.45, 7) is 2.70. The minimum atomic E-state index is -3.71. The lowest BCUT2D eigenvalue weighted by atomic mass is 9.93. The molecule has 1 aromatic carbocycles. The molecule has 1 saturated heterocycles. The van der Waals surface area contributed by atoms with Gasteiger partial charge in [0.2, 0.25) is 10.0 Å². The van der Waals surface area contributed by atoms with Crippen molar-refractivity contribution in [3.8, 4) is 0 Å². The Morgan fingerprint density at radius 1 is 1.20 bits per heavy atom. The zero-order valence-corrected chi connectivity index (χ0v) is 15.8. The van der Waals surface area contributed by atoms with Crippen LogP contribution in [0.2, 0.25) is 0 Å². The van der Waals surface area contributed by atoms with Crippen LogP contribution in [0.25, 0.3) is 0 Å². The fourth-order valence-electron chi connectivity index (χ4n) is 3.27. The van der Waals surface area contributed by atoms with Gasteiger partial charge in [-0.25, -0.2) is 8.42 Å². The molecule has 25 heavy (non-hydrogen) atoms. The van der Waals surface area contributed by atoms with Crippen LogP contribution in [-0.2, 0) is 10.0 Å². The van der Waals surface area contributed by atoms with Gasteiger partial charge in [-0.1, -0.05) is 0 Å². The van der Waals surface area contributed by atoms with Gasteiger partial charge in [0.05, 0.1) is 16.0 Å². The highest BCUT2D eigenvalue weighted by Gasteiger charge is 2.36. The molecule has 2 aliphatic heterocycles. The molecular weight excluding hydrogens is 366 g/mol. The van der Waals surface area contributed by atoms with E-state index >= 15 is 0 Å². The second-order valence-electron chi connectivity index (χ2n) is 6.50. The molecule has 3 rings (SSSR count). The van der Waals surface area contributed by atoms with Crippen LogP contribution in [0.5, 0.6) is 0 Å². The maximum atomic E-state index is 12.9. The normalized spacial score (nSPS) is 22.5. The molecule has 2 heterocycles. The molecule has 1 aromatic rings. The van der Waals surface area contributed by atoms with Crippen LogP contribution in [0.3, 0.4) is 0 Å². The van der Waals surface area contributed by atoms with Crippen molar-refractivity contribution in [2.24, 2.45) is 11.7 Å². The van der Waals surface area contributed by atoms with E-state index in [1.807, 2.05) is 6.92 Å². The molecule has 138 valence electrons. The summed E-state index contributed by atoms with van der Waals surface area (Å²) < 4.78 is 27.2. The fraction of sp³-hybridized carbons (Fsp3) is 0.500. The summed E-state index contributed by atoms with van der Waals surface area (Å²) in [6.07, 6.45) is 1.67. The third-order valence-corrected chi connectivity index (χ3v) is 6.72. The Kier molecular flexibility index (Phi) is 5.58. The first kappa shape index (κ1) is 19.8. The Balaban J connectivity index is 0.00000225. The largest absolute Gasteiger partial charge is 0.328 e. The summed E-state index contributed by atoms with van der Waals surface area (Å²) in [6, 6.07) is 4.05. The van der Waals surface area contributed by atoms with Crippen LogP contribution in [0.15, 0.2) is 23.1 Å². The first-order valence-corrected chi connectivity index (χ1v) is 9.39. The zero-order valence-electron chi connectivity index (χ0n) is 14.1. The number of benzene rings is 1. The van der Waals surface area contributed by atoms with Crippen LogP contribution >= 0.6 is 12.4 Å². The van der Waals surface area contributed by atoms with E-state index in [-0.39, 0.29) is 40.4 Å². The standard InChI is InChI=1S/C16H21N3O4S.ClH/c1-10(17)11-4-3-7-19(9-11)24(22,23)12-5-6-13-14(8-12)16(21)18(2)15(13)20;/h5-6,8,10-11H,3-4,7,9,17H2,1-2H3;1H. The van der Waals surface area contributed by atoms with Gasteiger partial charge in [-0.15, -0.1) is 12.4 Å². The molecule has 0 spiro atoms. The van der Waals surface area contributed by atoms with Crippen molar-refractivity contribution in [1.29, 1.82) is 0 Å². The van der Waals surface area contributed by atoms with Crippen molar-refractivity contribution in [3.63, 3.8) is 0 Å². The van der Waals surface area contributed by atoms with E-state index in [0.29, 0.717) is 13.1 Å². The van der Waals surface area contributed by atoms with Gasteiger partial charge in [-0.2, -0.15) is 4.31 Å². The number of amides is 2. The van der Waals surface area contributed by atoms with Crippen molar-refractivity contribution in [1.82, 2.24) is 9.21 Å². The minimum Gasteiger partial charge on any atom is -0.328 e. The molecule has 2 amide bonds. The Morgan fingerprint density at radius 3 is 2.48 bits per heavy atom. The number of carbonyl (C=O) groups is 2. The third-order valence-electron chi connectivity index (χ3n) is 4.86. The lowest BCUT2D eigenvalue weighted by molar-refractivity contribution is 0.0693. The number of hydrogen-bond acceptors (Lipinski definition) is 5. The summed E-state index contributed by atoms with van der Waals surface area (Å²) in [5, 5.41) is 0. The average molecular weight is 388 g/mol. The van der Waals surface area contributed by atoms with Gasteiger partial charge in [0.25, 0.3) is 11.8 Å². The van der Waals surface area contributed by atoms with Gasteiger partial charge in [0.15, 0.2) is 0 Å². The summed E-state index contributed by atoms with van der Waals surface area (Å²) in [5.41, 5.74) is 6.31. The molecule has 0 radical (unpaired) electrons. The second-order valence-corrected chi connectivity index (χ2v) is 8.44. The zero-order chi connectivity index (χ0) is 17.6. The lowest BCUT2D eigenvalue weighted by Gasteiger charge is -2.33. The Morgan fingerprint density at radius 2 is 1.84 bits per heavy atom. The number of piperidine rings is 1. The summed E-state index contributed by atoms with van der Waals surface area (Å²) in [5.74, 6) is -0.759. The summed E-state index contributed by atoms with van der Waals surface area (Å²) >= 11 is 0. The smallest absolute Gasteiger partial charge is 0.261 e. The highest BCUT2D eigenvalue weighted by Crippen LogP contribution is 2.29. The predicted molar refractivity (Wildman–Crippen MR) is 95.2 cm³/mol. The first-order valence-electron chi connectivity index (χ1n) is 7.95. The van der Waals surface area contributed by atoms with Crippen LogP contribution in [0, 0.1) is 5.92 Å². The minimum absolute atomic E-state index is 0. The van der Waals surface area contributed by atoms with Gasteiger partial charge in [0, 0.05) is 26.2 Å². The molecule has 2 aliphatic rings. The highest BCUT2D eigenvalue weighted by atomic mass is 35.5. The molecule has 1 fully saturated rings. The number of carbonyl (C=O) groups excluding carboxylic acids is 2. The van der Waals surface area contributed by atoms with Crippen molar-refractivity contribution in [2.45, 2.75) is 30.7 Å². The van der Waals surface area contributed by atoms with Crippen molar-refractivity contribution >= 4 is 34.2 Å². The number of nitrogens with zero attached hydrogens (tertiary/aromatic N) is 2. The van der Waals surface area contributed by atoms with Crippen LogP contribution in [0.1, 0.15) is 40.5 Å². The van der Waals surface area contributed by atoms with Crippen molar-refractivity contribution in [3.05, 3.63) is 29.3 Å². The third kappa shape index (κ3) is 3.31. The van der Waals surface area contributed by atoms with Gasteiger partial charge >= 0.3 is 0 Å². The number of imide groups is 1. The number of fused-ring (bicyclic) bond motifs is 1. The molecule has 9 heteroatoms. The molecule has 0 aromatic heterocycles. The van der Waals surface area contributed by atoms with Gasteiger partial charge in [-0.05, 0) is 43.9 Å². The molecule has 2 unspecified atom stereocenters. The maximum absolute atomic E-state index is 12.9. The number of hydrogen-bond donors (Lipinski definition) is 1. The molecule has 0 bridgehead atoms. The van der Waals surface area contributed by atoms with Crippen molar-refractivity contribution < 1.29 is 18.0 Å². The topological polar surface area (TPSA) is 101 Å². The first-order chi connectivity index (χ1) is 11.2. The van der Waals surface area contributed by atoms with Crippen LogP contribution < -0.4 is 5.73 Å². The Labute approximate surface area is 153 Å². The summed E-state index contributed by atoms with van der Waals surface area (Å²) in [7, 11) is -2.33. The Bertz CT molecular complexity index is 810.